The zero-order valence-corrected chi connectivity index (χ0v) is 17.2. The van der Waals surface area contributed by atoms with Gasteiger partial charge in [-0.1, -0.05) is 12.7 Å². The number of esters is 2. The molecule has 1 amide bonds. The Labute approximate surface area is 174 Å². The van der Waals surface area contributed by atoms with Crippen molar-refractivity contribution in [1.29, 1.82) is 0 Å². The lowest BCUT2D eigenvalue weighted by Gasteiger charge is -2.22. The highest BCUT2D eigenvalue weighted by atomic mass is 16.6. The van der Waals surface area contributed by atoms with Gasteiger partial charge in [-0.05, 0) is 44.9 Å². The minimum Gasteiger partial charge on any atom is -0.461 e. The molecule has 0 bridgehead atoms. The number of nitro benzene ring substituents is 1. The van der Waals surface area contributed by atoms with Crippen LogP contribution in [0.25, 0.3) is 0 Å². The second-order valence-corrected chi connectivity index (χ2v) is 7.24. The number of non-ortho nitro benzene ring substituents is 1. The van der Waals surface area contributed by atoms with Gasteiger partial charge in [0.1, 0.15) is 24.9 Å². The Morgan fingerprint density at radius 1 is 1.20 bits per heavy atom. The van der Waals surface area contributed by atoms with Crippen LogP contribution < -0.4 is 5.32 Å². The summed E-state index contributed by atoms with van der Waals surface area (Å²) in [6.45, 7) is 8.31. The molecule has 0 heterocycles. The van der Waals surface area contributed by atoms with E-state index in [9.17, 15) is 24.5 Å². The van der Waals surface area contributed by atoms with E-state index in [0.717, 1.165) is 0 Å². The van der Waals surface area contributed by atoms with Gasteiger partial charge in [0.05, 0.1) is 4.92 Å². The molecule has 0 aromatic heterocycles. The standard InChI is InChI=1S/C20H26N2O8/c1-5-12-28-17(23)11-10-16(21-19(25)30-20(2,3)4)18(24)29-13-14-6-8-15(9-7-14)22(26)27/h5-9,16H,1,10-13H2,2-4H3,(H,21,25)/t16-/m0/s1. The van der Waals surface area contributed by atoms with Crippen molar-refractivity contribution in [1.82, 2.24) is 5.32 Å². The van der Waals surface area contributed by atoms with Crippen molar-refractivity contribution in [2.75, 3.05) is 6.61 Å². The summed E-state index contributed by atoms with van der Waals surface area (Å²) in [5.74, 6) is -1.34. The minimum atomic E-state index is -1.14. The molecule has 0 radical (unpaired) electrons. The van der Waals surface area contributed by atoms with Gasteiger partial charge in [-0.2, -0.15) is 0 Å². The lowest BCUT2D eigenvalue weighted by atomic mass is 10.1. The van der Waals surface area contributed by atoms with E-state index in [1.54, 1.807) is 20.8 Å². The van der Waals surface area contributed by atoms with Gasteiger partial charge in [-0.25, -0.2) is 9.59 Å². The molecular weight excluding hydrogens is 396 g/mol. The smallest absolute Gasteiger partial charge is 0.408 e. The van der Waals surface area contributed by atoms with Crippen molar-refractivity contribution in [3.05, 3.63) is 52.6 Å². The van der Waals surface area contributed by atoms with Crippen LogP contribution in [-0.2, 0) is 30.4 Å². The van der Waals surface area contributed by atoms with Gasteiger partial charge in [0.15, 0.2) is 0 Å². The highest BCUT2D eigenvalue weighted by Crippen LogP contribution is 2.14. The van der Waals surface area contributed by atoms with Crippen LogP contribution in [-0.4, -0.2) is 41.2 Å². The largest absolute Gasteiger partial charge is 0.461 e. The molecule has 0 unspecified atom stereocenters. The second kappa shape index (κ2) is 11.5. The molecule has 0 spiro atoms. The van der Waals surface area contributed by atoms with Gasteiger partial charge < -0.3 is 19.5 Å². The van der Waals surface area contributed by atoms with Crippen LogP contribution in [0.4, 0.5) is 10.5 Å². The molecule has 0 saturated heterocycles. The van der Waals surface area contributed by atoms with E-state index in [2.05, 4.69) is 11.9 Å². The maximum atomic E-state index is 12.5. The van der Waals surface area contributed by atoms with Crippen LogP contribution in [0, 0.1) is 10.1 Å². The van der Waals surface area contributed by atoms with E-state index >= 15 is 0 Å². The van der Waals surface area contributed by atoms with Gasteiger partial charge in [0.25, 0.3) is 5.69 Å². The lowest BCUT2D eigenvalue weighted by molar-refractivity contribution is -0.384. The number of carbonyl (C=O) groups is 3. The monoisotopic (exact) mass is 422 g/mol. The first-order valence-electron chi connectivity index (χ1n) is 9.18. The topological polar surface area (TPSA) is 134 Å². The van der Waals surface area contributed by atoms with Crippen molar-refractivity contribution >= 4 is 23.7 Å². The molecule has 1 aromatic carbocycles. The summed E-state index contributed by atoms with van der Waals surface area (Å²) < 4.78 is 15.2. The molecule has 0 fully saturated rings. The van der Waals surface area contributed by atoms with E-state index in [4.69, 9.17) is 14.2 Å². The fourth-order valence-electron chi connectivity index (χ4n) is 2.15. The van der Waals surface area contributed by atoms with Gasteiger partial charge in [-0.3, -0.25) is 14.9 Å². The summed E-state index contributed by atoms with van der Waals surface area (Å²) in [6.07, 6.45) is 0.376. The maximum absolute atomic E-state index is 12.5. The summed E-state index contributed by atoms with van der Waals surface area (Å²) in [6, 6.07) is 4.34. The summed E-state index contributed by atoms with van der Waals surface area (Å²) in [4.78, 5) is 46.3. The first kappa shape index (κ1) is 24.6. The van der Waals surface area contributed by atoms with Crippen molar-refractivity contribution in [2.45, 2.75) is 51.9 Å². The molecule has 1 N–H and O–H groups in total. The number of rotatable bonds is 10. The molecular formula is C20H26N2O8. The second-order valence-electron chi connectivity index (χ2n) is 7.24. The van der Waals surface area contributed by atoms with E-state index in [1.807, 2.05) is 0 Å². The van der Waals surface area contributed by atoms with E-state index < -0.39 is 34.6 Å². The van der Waals surface area contributed by atoms with Crippen LogP contribution in [0.1, 0.15) is 39.2 Å². The van der Waals surface area contributed by atoms with E-state index in [1.165, 1.54) is 30.3 Å². The molecule has 164 valence electrons. The Hall–Kier alpha value is -3.43. The minimum absolute atomic E-state index is 0.0353. The third-order valence-corrected chi connectivity index (χ3v) is 3.50. The highest BCUT2D eigenvalue weighted by Gasteiger charge is 2.26. The SMILES string of the molecule is C=CCOC(=O)CC[C@H](NC(=O)OC(C)(C)C)C(=O)OCc1ccc([N+](=O)[O-])cc1. The molecule has 0 saturated carbocycles. The first-order valence-corrected chi connectivity index (χ1v) is 9.18. The van der Waals surface area contributed by atoms with Crippen molar-refractivity contribution in [3.8, 4) is 0 Å². The van der Waals surface area contributed by atoms with Crippen molar-refractivity contribution in [2.24, 2.45) is 0 Å². The molecule has 0 aliphatic carbocycles. The average Bonchev–Trinajstić information content (AvgIpc) is 2.66. The number of nitrogens with one attached hydrogen (secondary N) is 1. The third kappa shape index (κ3) is 9.67. The molecule has 10 nitrogen and oxygen atoms in total. The number of hydrogen-bond donors (Lipinski definition) is 1. The molecule has 1 atom stereocenters. The summed E-state index contributed by atoms with van der Waals surface area (Å²) in [7, 11) is 0. The zero-order chi connectivity index (χ0) is 22.7. The average molecular weight is 422 g/mol. The number of amides is 1. The normalized spacial score (nSPS) is 11.7. The van der Waals surface area contributed by atoms with Crippen LogP contribution in [0.15, 0.2) is 36.9 Å². The summed E-state index contributed by atoms with van der Waals surface area (Å²) >= 11 is 0. The molecule has 10 heteroatoms. The van der Waals surface area contributed by atoms with E-state index in [0.29, 0.717) is 5.56 Å². The Morgan fingerprint density at radius 3 is 2.37 bits per heavy atom. The summed E-state index contributed by atoms with van der Waals surface area (Å²) in [5.41, 5.74) is -0.344. The van der Waals surface area contributed by atoms with Gasteiger partial charge in [0.2, 0.25) is 0 Å². The van der Waals surface area contributed by atoms with Crippen molar-refractivity contribution in [3.63, 3.8) is 0 Å². The number of alkyl carbamates (subject to hydrolysis) is 1. The Kier molecular flexibility index (Phi) is 9.47. The molecule has 1 rings (SSSR count). The zero-order valence-electron chi connectivity index (χ0n) is 17.2. The predicted molar refractivity (Wildman–Crippen MR) is 106 cm³/mol. The number of ether oxygens (including phenoxy) is 3. The van der Waals surface area contributed by atoms with Gasteiger partial charge >= 0.3 is 18.0 Å². The molecule has 1 aromatic rings. The Bertz CT molecular complexity index is 768. The van der Waals surface area contributed by atoms with E-state index in [-0.39, 0.29) is 31.7 Å². The van der Waals surface area contributed by atoms with Crippen LogP contribution in [0.2, 0.25) is 0 Å². The van der Waals surface area contributed by atoms with Gasteiger partial charge in [0, 0.05) is 18.6 Å². The van der Waals surface area contributed by atoms with Crippen LogP contribution >= 0.6 is 0 Å². The number of nitrogens with zero attached hydrogens (tertiary/aromatic N) is 1. The quantitative estimate of drug-likeness (QED) is 0.200. The Balaban J connectivity index is 2.73. The number of hydrogen-bond acceptors (Lipinski definition) is 8. The lowest BCUT2D eigenvalue weighted by Crippen LogP contribution is -2.44. The third-order valence-electron chi connectivity index (χ3n) is 3.50. The maximum Gasteiger partial charge on any atom is 0.408 e. The fraction of sp³-hybridized carbons (Fsp3) is 0.450. The first-order chi connectivity index (χ1) is 14.0. The van der Waals surface area contributed by atoms with Crippen molar-refractivity contribution < 1.29 is 33.5 Å². The predicted octanol–water partition coefficient (Wildman–Crippen LogP) is 3.04. The number of carbonyl (C=O) groups excluding carboxylic acids is 3. The molecule has 0 aliphatic rings. The molecule has 30 heavy (non-hydrogen) atoms. The fourth-order valence-corrected chi connectivity index (χ4v) is 2.15. The van der Waals surface area contributed by atoms with Gasteiger partial charge in [-0.15, -0.1) is 0 Å². The van der Waals surface area contributed by atoms with Crippen LogP contribution in [0.5, 0.6) is 0 Å². The van der Waals surface area contributed by atoms with Crippen LogP contribution in [0.3, 0.4) is 0 Å². The molecule has 0 aliphatic heterocycles. The highest BCUT2D eigenvalue weighted by molar-refractivity contribution is 5.82. The number of benzene rings is 1. The summed E-state index contributed by atoms with van der Waals surface area (Å²) in [5, 5.41) is 13.1. The number of nitro groups is 1. The Morgan fingerprint density at radius 2 is 1.83 bits per heavy atom.